The van der Waals surface area contributed by atoms with Gasteiger partial charge in [0.2, 0.25) is 5.95 Å². The molecule has 3 heterocycles. The van der Waals surface area contributed by atoms with Crippen LogP contribution >= 0.6 is 0 Å². The maximum Gasteiger partial charge on any atom is 0.226 e. The number of nitrogens with zero attached hydrogens (tertiary/aromatic N) is 3. The van der Waals surface area contributed by atoms with Crippen LogP contribution in [0, 0.1) is 6.92 Å². The van der Waals surface area contributed by atoms with Crippen molar-refractivity contribution in [2.45, 2.75) is 13.0 Å². The minimum atomic E-state index is -0.0879. The number of rotatable bonds is 2. The highest BCUT2D eigenvalue weighted by atomic mass is 16.3. The molecule has 1 aromatic carbocycles. The van der Waals surface area contributed by atoms with E-state index in [-0.39, 0.29) is 6.04 Å². The van der Waals surface area contributed by atoms with Crippen LogP contribution in [-0.2, 0) is 0 Å². The highest BCUT2D eigenvalue weighted by Gasteiger charge is 2.24. The third kappa shape index (κ3) is 2.03. The zero-order valence-electron chi connectivity index (χ0n) is 11.5. The van der Waals surface area contributed by atoms with E-state index in [4.69, 9.17) is 4.42 Å². The molecule has 0 saturated carbocycles. The van der Waals surface area contributed by atoms with Crippen molar-refractivity contribution in [1.29, 1.82) is 0 Å². The van der Waals surface area contributed by atoms with E-state index in [0.717, 1.165) is 23.0 Å². The molecule has 1 N–H and O–H groups in total. The van der Waals surface area contributed by atoms with E-state index in [1.54, 1.807) is 12.6 Å². The molecule has 0 aliphatic carbocycles. The molecular formula is C16H14N4O. The lowest BCUT2D eigenvalue weighted by Crippen LogP contribution is -2.19. The van der Waals surface area contributed by atoms with Gasteiger partial charge in [-0.25, -0.2) is 4.68 Å². The fourth-order valence-corrected chi connectivity index (χ4v) is 2.50. The Morgan fingerprint density at radius 1 is 1.19 bits per heavy atom. The second kappa shape index (κ2) is 4.63. The van der Waals surface area contributed by atoms with Gasteiger partial charge in [-0.1, -0.05) is 29.8 Å². The number of hydrogen-bond acceptors (Lipinski definition) is 4. The highest BCUT2D eigenvalue weighted by molar-refractivity contribution is 5.76. The summed E-state index contributed by atoms with van der Waals surface area (Å²) in [6.07, 6.45) is 5.32. The summed E-state index contributed by atoms with van der Waals surface area (Å²) in [5.41, 5.74) is 3.37. The Kier molecular flexibility index (Phi) is 2.64. The number of aryl methyl sites for hydroxylation is 1. The third-order valence-electron chi connectivity index (χ3n) is 3.60. The molecule has 2 aromatic heterocycles. The molecule has 5 nitrogen and oxygen atoms in total. The predicted octanol–water partition coefficient (Wildman–Crippen LogP) is 3.24. The predicted molar refractivity (Wildman–Crippen MR) is 79.6 cm³/mol. The number of hydrogen-bond donors (Lipinski definition) is 1. The second-order valence-electron chi connectivity index (χ2n) is 5.06. The van der Waals surface area contributed by atoms with Crippen molar-refractivity contribution in [3.63, 3.8) is 0 Å². The highest BCUT2D eigenvalue weighted by Crippen LogP contribution is 2.31. The van der Waals surface area contributed by atoms with E-state index in [2.05, 4.69) is 52.7 Å². The molecule has 0 spiro atoms. The lowest BCUT2D eigenvalue weighted by molar-refractivity contribution is 0.448. The molecule has 1 aliphatic rings. The van der Waals surface area contributed by atoms with Gasteiger partial charge in [0.15, 0.2) is 0 Å². The first-order valence-corrected chi connectivity index (χ1v) is 6.80. The Hall–Kier alpha value is -2.82. The van der Waals surface area contributed by atoms with E-state index < -0.39 is 0 Å². The molecule has 0 radical (unpaired) electrons. The van der Waals surface area contributed by atoms with E-state index >= 15 is 0 Å². The average Bonchev–Trinajstić information content (AvgIpc) is 3.18. The Bertz CT molecular complexity index is 784. The fourth-order valence-electron chi connectivity index (χ4n) is 2.50. The average molecular weight is 278 g/mol. The Labute approximate surface area is 121 Å². The van der Waals surface area contributed by atoms with Gasteiger partial charge in [-0.2, -0.15) is 10.1 Å². The van der Waals surface area contributed by atoms with Crippen molar-refractivity contribution in [3.05, 3.63) is 72.0 Å². The van der Waals surface area contributed by atoms with E-state index in [0.29, 0.717) is 0 Å². The molecule has 1 aliphatic heterocycles. The molecule has 0 amide bonds. The topological polar surface area (TPSA) is 55.9 Å². The van der Waals surface area contributed by atoms with Gasteiger partial charge >= 0.3 is 0 Å². The summed E-state index contributed by atoms with van der Waals surface area (Å²) >= 11 is 0. The molecule has 4 rings (SSSR count). The summed E-state index contributed by atoms with van der Waals surface area (Å²) in [5, 5.41) is 7.59. The largest absolute Gasteiger partial charge is 0.467 e. The quantitative estimate of drug-likeness (QED) is 0.782. The lowest BCUT2D eigenvalue weighted by Gasteiger charge is -2.22. The summed E-state index contributed by atoms with van der Waals surface area (Å²) in [6, 6.07) is 12.1. The van der Waals surface area contributed by atoms with Crippen LogP contribution in [0.2, 0.25) is 0 Å². The van der Waals surface area contributed by atoms with E-state index in [9.17, 15) is 0 Å². The minimum Gasteiger partial charge on any atom is -0.467 e. The van der Waals surface area contributed by atoms with Crippen molar-refractivity contribution < 1.29 is 4.42 Å². The number of aromatic nitrogens is 3. The van der Waals surface area contributed by atoms with Crippen LogP contribution in [0.15, 0.2) is 59.5 Å². The first-order chi connectivity index (χ1) is 10.3. The van der Waals surface area contributed by atoms with Gasteiger partial charge < -0.3 is 9.73 Å². The molecule has 0 fully saturated rings. The van der Waals surface area contributed by atoms with Crippen molar-refractivity contribution >= 4 is 11.6 Å². The molecule has 104 valence electrons. The minimum absolute atomic E-state index is 0.0879. The van der Waals surface area contributed by atoms with Crippen LogP contribution in [0.3, 0.4) is 0 Å². The zero-order chi connectivity index (χ0) is 14.2. The van der Waals surface area contributed by atoms with Gasteiger partial charge in [-0.05, 0) is 30.7 Å². The summed E-state index contributed by atoms with van der Waals surface area (Å²) in [6.45, 7) is 2.08. The van der Waals surface area contributed by atoms with Crippen LogP contribution in [0.5, 0.6) is 0 Å². The van der Waals surface area contributed by atoms with Crippen LogP contribution in [0.25, 0.3) is 5.70 Å². The van der Waals surface area contributed by atoms with Gasteiger partial charge in [-0.3, -0.25) is 0 Å². The first-order valence-electron chi connectivity index (χ1n) is 6.80. The molecule has 0 bridgehead atoms. The molecule has 1 unspecified atom stereocenters. The summed E-state index contributed by atoms with van der Waals surface area (Å²) < 4.78 is 7.36. The monoisotopic (exact) mass is 278 g/mol. The molecular weight excluding hydrogens is 264 g/mol. The van der Waals surface area contributed by atoms with Crippen molar-refractivity contribution in [3.8, 4) is 0 Å². The SMILES string of the molecule is Cc1ccc(C2=CC(c3ccco3)n3ncnc3N2)cc1. The van der Waals surface area contributed by atoms with Crippen LogP contribution in [0.4, 0.5) is 5.95 Å². The van der Waals surface area contributed by atoms with Crippen molar-refractivity contribution in [1.82, 2.24) is 14.8 Å². The van der Waals surface area contributed by atoms with Gasteiger partial charge in [0.1, 0.15) is 18.1 Å². The smallest absolute Gasteiger partial charge is 0.226 e. The maximum atomic E-state index is 5.54. The summed E-state index contributed by atoms with van der Waals surface area (Å²) in [5.74, 6) is 1.56. The number of benzene rings is 1. The van der Waals surface area contributed by atoms with E-state index in [1.807, 2.05) is 16.8 Å². The number of allylic oxidation sites excluding steroid dienone is 1. The molecule has 5 heteroatoms. The van der Waals surface area contributed by atoms with Crippen molar-refractivity contribution in [2.24, 2.45) is 0 Å². The third-order valence-corrected chi connectivity index (χ3v) is 3.60. The summed E-state index contributed by atoms with van der Waals surface area (Å²) in [7, 11) is 0. The van der Waals surface area contributed by atoms with Gasteiger partial charge in [-0.15, -0.1) is 0 Å². The number of nitrogens with one attached hydrogen (secondary N) is 1. The van der Waals surface area contributed by atoms with Crippen LogP contribution < -0.4 is 5.32 Å². The molecule has 0 saturated heterocycles. The van der Waals surface area contributed by atoms with Crippen molar-refractivity contribution in [2.75, 3.05) is 5.32 Å². The Balaban J connectivity index is 1.80. The number of anilines is 1. The van der Waals surface area contributed by atoms with E-state index in [1.165, 1.54) is 5.56 Å². The number of furan rings is 1. The summed E-state index contributed by atoms with van der Waals surface area (Å²) in [4.78, 5) is 4.27. The fraction of sp³-hybridized carbons (Fsp3) is 0.125. The van der Waals surface area contributed by atoms with Gasteiger partial charge in [0, 0.05) is 5.70 Å². The molecule has 3 aromatic rings. The lowest BCUT2D eigenvalue weighted by atomic mass is 10.1. The Morgan fingerprint density at radius 2 is 2.05 bits per heavy atom. The second-order valence-corrected chi connectivity index (χ2v) is 5.06. The molecule has 21 heavy (non-hydrogen) atoms. The number of fused-ring (bicyclic) bond motifs is 1. The maximum absolute atomic E-state index is 5.54. The Morgan fingerprint density at radius 3 is 2.81 bits per heavy atom. The van der Waals surface area contributed by atoms with Gasteiger partial charge in [0.05, 0.1) is 6.26 Å². The zero-order valence-corrected chi connectivity index (χ0v) is 11.5. The normalized spacial score (nSPS) is 17.0. The van der Waals surface area contributed by atoms with Gasteiger partial charge in [0.25, 0.3) is 0 Å². The molecule has 1 atom stereocenters. The van der Waals surface area contributed by atoms with Crippen LogP contribution in [0.1, 0.15) is 22.9 Å². The van der Waals surface area contributed by atoms with Crippen LogP contribution in [-0.4, -0.2) is 14.8 Å². The first kappa shape index (κ1) is 12.0. The standard InChI is InChI=1S/C16H14N4O/c1-11-4-6-12(7-5-11)13-9-14(15-3-2-8-21-15)20-16(19-13)17-10-18-20/h2-10,14H,1H3,(H,17,18,19).